The van der Waals surface area contributed by atoms with Crippen molar-refractivity contribution >= 4 is 15.9 Å². The van der Waals surface area contributed by atoms with E-state index in [1.165, 1.54) is 0 Å². The van der Waals surface area contributed by atoms with Gasteiger partial charge in [0.05, 0.1) is 4.90 Å². The summed E-state index contributed by atoms with van der Waals surface area (Å²) in [6.45, 7) is 5.75. The van der Waals surface area contributed by atoms with Crippen LogP contribution in [0.5, 0.6) is 0 Å². The number of sulfonamides is 1. The summed E-state index contributed by atoms with van der Waals surface area (Å²) in [5.41, 5.74) is 1.01. The van der Waals surface area contributed by atoms with Crippen LogP contribution in [0.3, 0.4) is 0 Å². The van der Waals surface area contributed by atoms with Crippen molar-refractivity contribution in [1.29, 1.82) is 0 Å². The topological polar surface area (TPSA) is 66.5 Å². The lowest BCUT2D eigenvalue weighted by Crippen LogP contribution is -2.40. The number of carbonyl (C=O) groups is 1. The summed E-state index contributed by atoms with van der Waals surface area (Å²) < 4.78 is 26.7. The van der Waals surface area contributed by atoms with E-state index in [0.717, 1.165) is 31.5 Å². The first kappa shape index (κ1) is 17.0. The van der Waals surface area contributed by atoms with Crippen molar-refractivity contribution in [2.24, 2.45) is 5.92 Å². The molecular weight excluding hydrogens is 300 g/mol. The van der Waals surface area contributed by atoms with Crippen molar-refractivity contribution in [2.75, 3.05) is 19.6 Å². The second-order valence-corrected chi connectivity index (χ2v) is 7.81. The van der Waals surface area contributed by atoms with Crippen LogP contribution < -0.4 is 4.72 Å². The number of carbonyl (C=O) groups excluding carboxylic acids is 1. The number of rotatable bonds is 5. The number of hydrogen-bond donors (Lipinski definition) is 1. The van der Waals surface area contributed by atoms with E-state index < -0.39 is 10.0 Å². The van der Waals surface area contributed by atoms with Gasteiger partial charge in [-0.25, -0.2) is 13.1 Å². The van der Waals surface area contributed by atoms with Gasteiger partial charge in [-0.3, -0.25) is 4.79 Å². The van der Waals surface area contributed by atoms with Crippen LogP contribution in [0, 0.1) is 12.8 Å². The summed E-state index contributed by atoms with van der Waals surface area (Å²) in [5, 5.41) is 0. The summed E-state index contributed by atoms with van der Waals surface area (Å²) in [4.78, 5) is 14.2. The number of piperidine rings is 1. The molecule has 1 fully saturated rings. The molecule has 1 aliphatic rings. The third kappa shape index (κ3) is 4.55. The van der Waals surface area contributed by atoms with Crippen LogP contribution in [0.2, 0.25) is 0 Å². The van der Waals surface area contributed by atoms with Crippen LogP contribution in [-0.4, -0.2) is 38.9 Å². The highest BCUT2D eigenvalue weighted by molar-refractivity contribution is 7.89. The average molecular weight is 324 g/mol. The number of benzene rings is 1. The Morgan fingerprint density at radius 2 is 2.00 bits per heavy atom. The minimum atomic E-state index is -3.53. The van der Waals surface area contributed by atoms with Gasteiger partial charge in [0.1, 0.15) is 0 Å². The fraction of sp³-hybridized carbons (Fsp3) is 0.562. The number of aryl methyl sites for hydroxylation is 1. The SMILES string of the molecule is Cc1ccc(S(=O)(=O)NCCC(=O)N2CCC[C@@H](C)C2)cc1. The van der Waals surface area contributed by atoms with Crippen molar-refractivity contribution in [3.63, 3.8) is 0 Å². The molecule has 1 N–H and O–H groups in total. The van der Waals surface area contributed by atoms with Gasteiger partial charge in [0.15, 0.2) is 0 Å². The first-order chi connectivity index (χ1) is 10.4. The van der Waals surface area contributed by atoms with Gasteiger partial charge in [-0.2, -0.15) is 0 Å². The van der Waals surface area contributed by atoms with Crippen molar-refractivity contribution in [2.45, 2.75) is 38.0 Å². The normalized spacial score (nSPS) is 19.2. The maximum atomic E-state index is 12.1. The molecule has 22 heavy (non-hydrogen) atoms. The van der Waals surface area contributed by atoms with Gasteiger partial charge in [-0.15, -0.1) is 0 Å². The highest BCUT2D eigenvalue weighted by atomic mass is 32.2. The molecule has 1 aromatic rings. The standard InChI is InChI=1S/C16H24N2O3S/c1-13-5-7-15(8-6-13)22(20,21)17-10-9-16(19)18-11-3-4-14(2)12-18/h5-8,14,17H,3-4,9-12H2,1-2H3/t14-/m1/s1. The van der Waals surface area contributed by atoms with Gasteiger partial charge in [0.2, 0.25) is 15.9 Å². The van der Waals surface area contributed by atoms with Gasteiger partial charge in [-0.05, 0) is 37.8 Å². The molecule has 1 aliphatic heterocycles. The molecule has 122 valence electrons. The number of hydrogen-bond acceptors (Lipinski definition) is 3. The number of amides is 1. The molecule has 1 aromatic carbocycles. The van der Waals surface area contributed by atoms with E-state index in [1.807, 2.05) is 11.8 Å². The molecule has 0 aliphatic carbocycles. The smallest absolute Gasteiger partial charge is 0.240 e. The Morgan fingerprint density at radius 3 is 2.64 bits per heavy atom. The maximum Gasteiger partial charge on any atom is 0.240 e. The van der Waals surface area contributed by atoms with Crippen LogP contribution >= 0.6 is 0 Å². The number of nitrogens with one attached hydrogen (secondary N) is 1. The summed E-state index contributed by atoms with van der Waals surface area (Å²) in [6, 6.07) is 6.67. The average Bonchev–Trinajstić information content (AvgIpc) is 2.47. The second kappa shape index (κ2) is 7.24. The fourth-order valence-corrected chi connectivity index (χ4v) is 3.70. The number of nitrogens with zero attached hydrogens (tertiary/aromatic N) is 1. The molecule has 1 amide bonds. The van der Waals surface area contributed by atoms with Crippen LogP contribution in [-0.2, 0) is 14.8 Å². The van der Waals surface area contributed by atoms with E-state index >= 15 is 0 Å². The molecule has 0 bridgehead atoms. The Labute approximate surface area is 132 Å². The van der Waals surface area contributed by atoms with E-state index in [-0.39, 0.29) is 23.8 Å². The van der Waals surface area contributed by atoms with Gasteiger partial charge in [-0.1, -0.05) is 24.6 Å². The van der Waals surface area contributed by atoms with Crippen LogP contribution in [0.1, 0.15) is 31.7 Å². The zero-order valence-electron chi connectivity index (χ0n) is 13.2. The second-order valence-electron chi connectivity index (χ2n) is 6.05. The molecule has 1 atom stereocenters. The molecule has 1 heterocycles. The minimum absolute atomic E-state index is 0.0261. The summed E-state index contributed by atoms with van der Waals surface area (Å²) >= 11 is 0. The van der Waals surface area contributed by atoms with Crippen LogP contribution in [0.4, 0.5) is 0 Å². The van der Waals surface area contributed by atoms with E-state index in [2.05, 4.69) is 11.6 Å². The first-order valence-corrected chi connectivity index (χ1v) is 9.21. The lowest BCUT2D eigenvalue weighted by Gasteiger charge is -2.31. The van der Waals surface area contributed by atoms with Crippen molar-refractivity contribution in [3.05, 3.63) is 29.8 Å². The summed E-state index contributed by atoms with van der Waals surface area (Å²) in [5.74, 6) is 0.556. The summed E-state index contributed by atoms with van der Waals surface area (Å²) in [6.07, 6.45) is 2.39. The molecule has 0 spiro atoms. The highest BCUT2D eigenvalue weighted by Crippen LogP contribution is 2.16. The highest BCUT2D eigenvalue weighted by Gasteiger charge is 2.21. The molecular formula is C16H24N2O3S. The molecule has 0 radical (unpaired) electrons. The van der Waals surface area contributed by atoms with Gasteiger partial charge >= 0.3 is 0 Å². The first-order valence-electron chi connectivity index (χ1n) is 7.72. The zero-order chi connectivity index (χ0) is 16.2. The largest absolute Gasteiger partial charge is 0.342 e. The Morgan fingerprint density at radius 1 is 1.32 bits per heavy atom. The minimum Gasteiger partial charge on any atom is -0.342 e. The Balaban J connectivity index is 1.84. The third-order valence-corrected chi connectivity index (χ3v) is 5.45. The lowest BCUT2D eigenvalue weighted by molar-refractivity contribution is -0.132. The monoisotopic (exact) mass is 324 g/mol. The van der Waals surface area contributed by atoms with E-state index in [4.69, 9.17) is 0 Å². The van der Waals surface area contributed by atoms with E-state index in [1.54, 1.807) is 24.3 Å². The van der Waals surface area contributed by atoms with Crippen LogP contribution in [0.15, 0.2) is 29.2 Å². The molecule has 1 saturated heterocycles. The maximum absolute atomic E-state index is 12.1. The quantitative estimate of drug-likeness (QED) is 0.900. The zero-order valence-corrected chi connectivity index (χ0v) is 14.0. The fourth-order valence-electron chi connectivity index (χ4n) is 2.67. The van der Waals surface area contributed by atoms with Gasteiger partial charge < -0.3 is 4.90 Å². The molecule has 0 saturated carbocycles. The number of likely N-dealkylation sites (tertiary alicyclic amines) is 1. The van der Waals surface area contributed by atoms with Gasteiger partial charge in [0, 0.05) is 26.1 Å². The predicted molar refractivity (Wildman–Crippen MR) is 86.0 cm³/mol. The molecule has 6 heteroatoms. The van der Waals surface area contributed by atoms with Crippen molar-refractivity contribution in [1.82, 2.24) is 9.62 Å². The Bertz CT molecular complexity index is 611. The Kier molecular flexibility index (Phi) is 5.58. The molecule has 0 unspecified atom stereocenters. The molecule has 0 aromatic heterocycles. The van der Waals surface area contributed by atoms with Crippen molar-refractivity contribution in [3.8, 4) is 0 Å². The van der Waals surface area contributed by atoms with E-state index in [0.29, 0.717) is 5.92 Å². The predicted octanol–water partition coefficient (Wildman–Crippen LogP) is 1.92. The Hall–Kier alpha value is -1.40. The van der Waals surface area contributed by atoms with E-state index in [9.17, 15) is 13.2 Å². The van der Waals surface area contributed by atoms with Crippen LogP contribution in [0.25, 0.3) is 0 Å². The molecule has 5 nitrogen and oxygen atoms in total. The van der Waals surface area contributed by atoms with Gasteiger partial charge in [0.25, 0.3) is 0 Å². The third-order valence-electron chi connectivity index (χ3n) is 3.97. The lowest BCUT2D eigenvalue weighted by atomic mass is 10.0. The molecule has 2 rings (SSSR count). The van der Waals surface area contributed by atoms with Crippen molar-refractivity contribution < 1.29 is 13.2 Å². The summed E-state index contributed by atoms with van der Waals surface area (Å²) in [7, 11) is -3.53.